The van der Waals surface area contributed by atoms with E-state index in [1.54, 1.807) is 0 Å². The van der Waals surface area contributed by atoms with Crippen LogP contribution in [0.2, 0.25) is 0 Å². The Morgan fingerprint density at radius 2 is 1.12 bits per heavy atom. The SMILES string of the molecule is [CH2-]C[C@H]1CN2CC[C@H]1C[C@H]2[C@H](OC(C)=O)c1ccnc2ccccc12.[CH2-]C[C@H]1CN2CC[C@H]1C[C@H]2[C@H](OC(C)=O)c1ccnc2ccccc12.[Zn+2]. The maximum atomic E-state index is 11.9. The van der Waals surface area contributed by atoms with Gasteiger partial charge in [0.1, 0.15) is 12.2 Å². The number of hydrogen-bond donors (Lipinski definition) is 0. The predicted molar refractivity (Wildman–Crippen MR) is 196 cm³/mol. The Labute approximate surface area is 315 Å². The molecular weight excluding hydrogens is 690 g/mol. The smallest absolute Gasteiger partial charge is 0.456 e. The largest absolute Gasteiger partial charge is 2.00 e. The fourth-order valence-electron chi connectivity index (χ4n) is 9.43. The average Bonchev–Trinajstić information content (AvgIpc) is 3.16. The molecule has 9 heteroatoms. The molecule has 2 aromatic carbocycles. The van der Waals surface area contributed by atoms with E-state index in [0.717, 1.165) is 84.8 Å². The van der Waals surface area contributed by atoms with Crippen molar-refractivity contribution in [2.24, 2.45) is 23.7 Å². The van der Waals surface area contributed by atoms with E-state index in [9.17, 15) is 9.59 Å². The third-order valence-electron chi connectivity index (χ3n) is 11.9. The Morgan fingerprint density at radius 1 is 0.706 bits per heavy atom. The maximum absolute atomic E-state index is 11.9. The Balaban J connectivity index is 0.000000172. The molecule has 10 atom stereocenters. The van der Waals surface area contributed by atoms with Crippen LogP contribution in [0, 0.1) is 37.5 Å². The van der Waals surface area contributed by atoms with E-state index >= 15 is 0 Å². The van der Waals surface area contributed by atoms with Crippen molar-refractivity contribution in [3.05, 3.63) is 98.0 Å². The summed E-state index contributed by atoms with van der Waals surface area (Å²) < 4.78 is 11.8. The number of benzene rings is 2. The number of pyridine rings is 2. The molecule has 6 aliphatic heterocycles. The number of esters is 2. The molecule has 8 nitrogen and oxygen atoms in total. The molecule has 0 N–H and O–H groups in total. The summed E-state index contributed by atoms with van der Waals surface area (Å²) in [4.78, 5) is 37.7. The van der Waals surface area contributed by atoms with Gasteiger partial charge in [0.05, 0.1) is 23.1 Å². The van der Waals surface area contributed by atoms with Gasteiger partial charge in [-0.15, -0.1) is 0 Å². The van der Waals surface area contributed by atoms with Crippen LogP contribution in [0.3, 0.4) is 0 Å². The summed E-state index contributed by atoms with van der Waals surface area (Å²) in [6, 6.07) is 20.7. The summed E-state index contributed by atoms with van der Waals surface area (Å²) in [6.45, 7) is 15.6. The third-order valence-corrected chi connectivity index (χ3v) is 11.9. The first-order chi connectivity index (χ1) is 24.3. The molecule has 6 saturated heterocycles. The maximum Gasteiger partial charge on any atom is 2.00 e. The number of para-hydroxylation sites is 2. The second-order valence-corrected chi connectivity index (χ2v) is 14.7. The summed E-state index contributed by atoms with van der Waals surface area (Å²) in [5.41, 5.74) is 4.04. The minimum Gasteiger partial charge on any atom is -0.456 e. The van der Waals surface area contributed by atoms with Crippen LogP contribution in [0.5, 0.6) is 0 Å². The van der Waals surface area contributed by atoms with Crippen LogP contribution in [-0.4, -0.2) is 70.0 Å². The molecule has 8 heterocycles. The zero-order valence-corrected chi connectivity index (χ0v) is 33.1. The van der Waals surface area contributed by atoms with Crippen LogP contribution in [0.4, 0.5) is 0 Å². The first kappa shape index (κ1) is 37.5. The zero-order chi connectivity index (χ0) is 34.8. The molecule has 0 amide bonds. The molecule has 4 aromatic rings. The minimum absolute atomic E-state index is 0. The molecule has 6 fully saturated rings. The Hall–Kier alpha value is -3.26. The van der Waals surface area contributed by atoms with Crippen LogP contribution in [0.1, 0.15) is 75.7 Å². The first-order valence-electron chi connectivity index (χ1n) is 18.4. The number of ether oxygens (including phenoxy) is 2. The molecule has 10 rings (SSSR count). The van der Waals surface area contributed by atoms with Crippen LogP contribution in [0.15, 0.2) is 73.1 Å². The molecule has 2 unspecified atom stereocenters. The van der Waals surface area contributed by atoms with Crippen molar-refractivity contribution < 1.29 is 38.5 Å². The molecule has 4 bridgehead atoms. The van der Waals surface area contributed by atoms with Crippen molar-refractivity contribution in [1.82, 2.24) is 19.8 Å². The van der Waals surface area contributed by atoms with Crippen LogP contribution < -0.4 is 0 Å². The van der Waals surface area contributed by atoms with Crippen molar-refractivity contribution in [3.8, 4) is 0 Å². The van der Waals surface area contributed by atoms with Gasteiger partial charge in [-0.1, -0.05) is 48.2 Å². The molecule has 0 saturated carbocycles. The van der Waals surface area contributed by atoms with E-state index in [2.05, 4.69) is 45.7 Å². The van der Waals surface area contributed by atoms with Gasteiger partial charge in [-0.3, -0.25) is 29.4 Å². The number of carbonyl (C=O) groups excluding carboxylic acids is 2. The van der Waals surface area contributed by atoms with Gasteiger partial charge in [0, 0.05) is 48.1 Å². The van der Waals surface area contributed by atoms with Gasteiger partial charge in [-0.25, -0.2) is 0 Å². The van der Waals surface area contributed by atoms with E-state index in [0.29, 0.717) is 23.7 Å². The van der Waals surface area contributed by atoms with Crippen LogP contribution in [-0.2, 0) is 38.5 Å². The fourth-order valence-corrected chi connectivity index (χ4v) is 9.43. The number of piperidine rings is 6. The molecule has 264 valence electrons. The van der Waals surface area contributed by atoms with Gasteiger partial charge in [-0.2, -0.15) is 12.8 Å². The number of hydrogen-bond acceptors (Lipinski definition) is 8. The normalized spacial score (nSPS) is 28.9. The van der Waals surface area contributed by atoms with Crippen molar-refractivity contribution in [3.63, 3.8) is 0 Å². The van der Waals surface area contributed by atoms with E-state index in [1.807, 2.05) is 60.9 Å². The van der Waals surface area contributed by atoms with Crippen LogP contribution in [0.25, 0.3) is 21.8 Å². The van der Waals surface area contributed by atoms with Gasteiger partial charge < -0.3 is 23.3 Å². The number of nitrogens with zero attached hydrogens (tertiary/aromatic N) is 4. The van der Waals surface area contributed by atoms with E-state index in [1.165, 1.54) is 26.7 Å². The van der Waals surface area contributed by atoms with Gasteiger partial charge >= 0.3 is 31.4 Å². The molecule has 51 heavy (non-hydrogen) atoms. The van der Waals surface area contributed by atoms with Gasteiger partial charge in [0.25, 0.3) is 0 Å². The molecule has 6 aliphatic rings. The van der Waals surface area contributed by atoms with E-state index in [4.69, 9.17) is 9.47 Å². The number of carbonyl (C=O) groups is 2. The summed E-state index contributed by atoms with van der Waals surface area (Å²) in [7, 11) is 0. The average molecular weight is 740 g/mol. The third kappa shape index (κ3) is 7.91. The Kier molecular flexibility index (Phi) is 12.2. The standard InChI is InChI=1S/2C21H25N2O2.Zn/c2*1-3-15-13-23-11-9-16(15)12-20(23)21(25-14(2)24)18-8-10-22-19-7-5-4-6-17(18)19;/h2*4-8,10,15-16,20-21H,1,3,9,11-13H2,2H3;/q2*-1;+2/t2*15-,16-,20-,21+;/m00./s1. The van der Waals surface area contributed by atoms with E-state index < -0.39 is 0 Å². The Bertz CT molecular complexity index is 1680. The second kappa shape index (κ2) is 16.6. The number of aromatic nitrogens is 2. The minimum atomic E-state index is -0.237. The first-order valence-corrected chi connectivity index (χ1v) is 18.4. The number of rotatable bonds is 8. The quantitative estimate of drug-likeness (QED) is 0.104. The van der Waals surface area contributed by atoms with Crippen molar-refractivity contribution in [2.75, 3.05) is 26.2 Å². The molecule has 0 spiro atoms. The topological polar surface area (TPSA) is 84.9 Å². The van der Waals surface area contributed by atoms with Gasteiger partial charge in [0.2, 0.25) is 0 Å². The zero-order valence-electron chi connectivity index (χ0n) is 30.2. The second-order valence-electron chi connectivity index (χ2n) is 14.7. The van der Waals surface area contributed by atoms with Crippen molar-refractivity contribution >= 4 is 33.7 Å². The fraction of sp³-hybridized carbons (Fsp3) is 0.476. The van der Waals surface area contributed by atoms with Gasteiger partial charge in [0.15, 0.2) is 0 Å². The molecule has 0 aliphatic carbocycles. The van der Waals surface area contributed by atoms with E-state index in [-0.39, 0.29) is 55.7 Å². The monoisotopic (exact) mass is 738 g/mol. The summed E-state index contributed by atoms with van der Waals surface area (Å²) in [5, 5.41) is 2.15. The van der Waals surface area contributed by atoms with Crippen molar-refractivity contribution in [2.45, 2.75) is 76.7 Å². The molecule has 0 radical (unpaired) electrons. The number of fused-ring (bicyclic) bond motifs is 8. The molecular formula is C42H50N4O4Zn. The van der Waals surface area contributed by atoms with Crippen LogP contribution >= 0.6 is 0 Å². The molecule has 2 aromatic heterocycles. The Morgan fingerprint density at radius 3 is 1.47 bits per heavy atom. The van der Waals surface area contributed by atoms with Gasteiger partial charge in [-0.05, 0) is 88.0 Å². The summed E-state index contributed by atoms with van der Waals surface area (Å²) >= 11 is 0. The predicted octanol–water partition coefficient (Wildman–Crippen LogP) is 7.54. The summed E-state index contributed by atoms with van der Waals surface area (Å²) in [5.74, 6) is 2.30. The van der Waals surface area contributed by atoms with Crippen molar-refractivity contribution in [1.29, 1.82) is 0 Å². The summed E-state index contributed by atoms with van der Waals surface area (Å²) in [6.07, 6.45) is 9.78.